The maximum atomic E-state index is 11.9. The number of hydrogen-bond donors (Lipinski definition) is 2. The van der Waals surface area contributed by atoms with Crippen molar-refractivity contribution >= 4 is 35.2 Å². The molecule has 2 aromatic carbocycles. The molecule has 5 heteroatoms. The summed E-state index contributed by atoms with van der Waals surface area (Å²) in [5.41, 5.74) is 1.80. The van der Waals surface area contributed by atoms with Crippen molar-refractivity contribution in [1.29, 1.82) is 0 Å². The van der Waals surface area contributed by atoms with E-state index in [9.17, 15) is 9.59 Å². The van der Waals surface area contributed by atoms with E-state index in [1.54, 1.807) is 43.5 Å². The fraction of sp³-hybridized carbons (Fsp3) is 0.0588. The van der Waals surface area contributed by atoms with Crippen LogP contribution < -0.4 is 10.6 Å². The van der Waals surface area contributed by atoms with E-state index in [0.717, 1.165) is 5.56 Å². The lowest BCUT2D eigenvalue weighted by Gasteiger charge is -2.05. The largest absolute Gasteiger partial charge is 0.355 e. The van der Waals surface area contributed by atoms with E-state index in [1.165, 1.54) is 6.08 Å². The van der Waals surface area contributed by atoms with E-state index >= 15 is 0 Å². The smallest absolute Gasteiger partial charge is 0.251 e. The monoisotopic (exact) mass is 314 g/mol. The molecule has 0 bridgehead atoms. The van der Waals surface area contributed by atoms with Gasteiger partial charge in [0.1, 0.15) is 0 Å². The molecule has 4 nitrogen and oxygen atoms in total. The lowest BCUT2D eigenvalue weighted by molar-refractivity contribution is -0.111. The van der Waals surface area contributed by atoms with Gasteiger partial charge in [0.25, 0.3) is 5.91 Å². The maximum Gasteiger partial charge on any atom is 0.251 e. The molecule has 0 saturated heterocycles. The van der Waals surface area contributed by atoms with Crippen LogP contribution in [0.1, 0.15) is 15.9 Å². The van der Waals surface area contributed by atoms with E-state index < -0.39 is 0 Å². The zero-order valence-corrected chi connectivity index (χ0v) is 12.7. The van der Waals surface area contributed by atoms with Gasteiger partial charge in [0.2, 0.25) is 5.91 Å². The predicted octanol–water partition coefficient (Wildman–Crippen LogP) is 3.35. The first-order valence-electron chi connectivity index (χ1n) is 6.66. The second-order valence-electron chi connectivity index (χ2n) is 4.50. The Hall–Kier alpha value is -2.59. The number of halogens is 1. The normalized spacial score (nSPS) is 10.5. The van der Waals surface area contributed by atoms with Crippen molar-refractivity contribution in [2.24, 2.45) is 0 Å². The van der Waals surface area contributed by atoms with Gasteiger partial charge in [0.15, 0.2) is 0 Å². The molecule has 0 aliphatic heterocycles. The average molecular weight is 315 g/mol. The summed E-state index contributed by atoms with van der Waals surface area (Å²) in [7, 11) is 1.56. The fourth-order valence-electron chi connectivity index (χ4n) is 1.84. The number of rotatable bonds is 4. The zero-order valence-electron chi connectivity index (χ0n) is 12.0. The number of carbonyl (C=O) groups is 2. The number of benzene rings is 2. The summed E-state index contributed by atoms with van der Waals surface area (Å²) in [6, 6.07) is 13.9. The van der Waals surface area contributed by atoms with Gasteiger partial charge in [0, 0.05) is 29.4 Å². The molecule has 0 aliphatic rings. The van der Waals surface area contributed by atoms with Gasteiger partial charge in [-0.3, -0.25) is 9.59 Å². The van der Waals surface area contributed by atoms with Crippen molar-refractivity contribution in [3.63, 3.8) is 0 Å². The highest BCUT2D eigenvalue weighted by Gasteiger charge is 2.05. The quantitative estimate of drug-likeness (QED) is 0.850. The van der Waals surface area contributed by atoms with Gasteiger partial charge in [-0.2, -0.15) is 0 Å². The van der Waals surface area contributed by atoms with Gasteiger partial charge in [-0.05, 0) is 35.9 Å². The summed E-state index contributed by atoms with van der Waals surface area (Å²) < 4.78 is 0. The van der Waals surface area contributed by atoms with Crippen LogP contribution in [0.15, 0.2) is 54.6 Å². The lowest BCUT2D eigenvalue weighted by Crippen LogP contribution is -2.18. The average Bonchev–Trinajstić information content (AvgIpc) is 2.53. The summed E-state index contributed by atoms with van der Waals surface area (Å²) in [4.78, 5) is 23.5. The second kappa shape index (κ2) is 7.43. The molecule has 0 radical (unpaired) electrons. The Morgan fingerprint density at radius 2 is 1.86 bits per heavy atom. The minimum Gasteiger partial charge on any atom is -0.355 e. The third-order valence-electron chi connectivity index (χ3n) is 2.94. The third kappa shape index (κ3) is 4.20. The van der Waals surface area contributed by atoms with Crippen LogP contribution in [0.5, 0.6) is 0 Å². The fourth-order valence-corrected chi connectivity index (χ4v) is 2.04. The summed E-state index contributed by atoms with van der Waals surface area (Å²) in [6.45, 7) is 0. The first-order chi connectivity index (χ1) is 10.6. The minimum absolute atomic E-state index is 0.206. The van der Waals surface area contributed by atoms with Crippen LogP contribution in [-0.4, -0.2) is 18.9 Å². The molecule has 2 amide bonds. The first kappa shape index (κ1) is 15.8. The molecule has 22 heavy (non-hydrogen) atoms. The predicted molar refractivity (Wildman–Crippen MR) is 88.9 cm³/mol. The molecule has 0 heterocycles. The summed E-state index contributed by atoms with van der Waals surface area (Å²) in [6.07, 6.45) is 3.04. The zero-order chi connectivity index (χ0) is 15.9. The molecule has 112 valence electrons. The second-order valence-corrected chi connectivity index (χ2v) is 4.91. The van der Waals surface area contributed by atoms with Crippen LogP contribution in [0.25, 0.3) is 6.08 Å². The van der Waals surface area contributed by atoms with Crippen molar-refractivity contribution in [3.8, 4) is 0 Å². The molecular formula is C17H15ClN2O2. The summed E-state index contributed by atoms with van der Waals surface area (Å²) in [5.74, 6) is -0.503. The van der Waals surface area contributed by atoms with Gasteiger partial charge >= 0.3 is 0 Å². The van der Waals surface area contributed by atoms with Crippen LogP contribution in [0, 0.1) is 0 Å². The van der Waals surface area contributed by atoms with Crippen LogP contribution >= 0.6 is 11.6 Å². The van der Waals surface area contributed by atoms with Gasteiger partial charge in [0.05, 0.1) is 0 Å². The number of nitrogens with one attached hydrogen (secondary N) is 2. The highest BCUT2D eigenvalue weighted by Crippen LogP contribution is 2.16. The minimum atomic E-state index is -0.297. The maximum absolute atomic E-state index is 11.9. The first-order valence-corrected chi connectivity index (χ1v) is 7.03. The molecule has 0 saturated carbocycles. The Labute approximate surface area is 133 Å². The van der Waals surface area contributed by atoms with Crippen molar-refractivity contribution in [3.05, 3.63) is 70.8 Å². The van der Waals surface area contributed by atoms with Crippen molar-refractivity contribution in [2.75, 3.05) is 12.4 Å². The number of anilines is 1. The molecule has 2 rings (SSSR count). The number of amides is 2. The summed E-state index contributed by atoms with van der Waals surface area (Å²) in [5, 5.41) is 5.81. The van der Waals surface area contributed by atoms with Gasteiger partial charge in [-0.15, -0.1) is 0 Å². The summed E-state index contributed by atoms with van der Waals surface area (Å²) >= 11 is 6.01. The molecule has 0 unspecified atom stereocenters. The SMILES string of the molecule is CNC(=O)c1cccc(NC(=O)C=Cc2ccccc2Cl)c1. The van der Waals surface area contributed by atoms with Crippen molar-refractivity contribution in [1.82, 2.24) is 5.32 Å². The molecule has 2 aromatic rings. The van der Waals surface area contributed by atoms with Crippen molar-refractivity contribution < 1.29 is 9.59 Å². The molecule has 0 fully saturated rings. The topological polar surface area (TPSA) is 58.2 Å². The number of carbonyl (C=O) groups excluding carboxylic acids is 2. The molecule has 0 aromatic heterocycles. The van der Waals surface area contributed by atoms with E-state index in [-0.39, 0.29) is 11.8 Å². The Bertz CT molecular complexity index is 726. The van der Waals surface area contributed by atoms with Gasteiger partial charge in [-0.1, -0.05) is 35.9 Å². The van der Waals surface area contributed by atoms with Crippen LogP contribution in [-0.2, 0) is 4.79 Å². The Morgan fingerprint density at radius 3 is 2.59 bits per heavy atom. The van der Waals surface area contributed by atoms with Crippen LogP contribution in [0.2, 0.25) is 5.02 Å². The molecular weight excluding hydrogens is 300 g/mol. The molecule has 0 atom stereocenters. The van der Waals surface area contributed by atoms with Gasteiger partial charge < -0.3 is 10.6 Å². The van der Waals surface area contributed by atoms with Crippen molar-refractivity contribution in [2.45, 2.75) is 0 Å². The standard InChI is InChI=1S/C17H15ClN2O2/c1-19-17(22)13-6-4-7-14(11-13)20-16(21)10-9-12-5-2-3-8-15(12)18/h2-11H,1H3,(H,19,22)(H,20,21). The van der Waals surface area contributed by atoms with E-state index in [2.05, 4.69) is 10.6 Å². The third-order valence-corrected chi connectivity index (χ3v) is 3.28. The van der Waals surface area contributed by atoms with E-state index in [4.69, 9.17) is 11.6 Å². The molecule has 2 N–H and O–H groups in total. The molecule has 0 spiro atoms. The number of hydrogen-bond acceptors (Lipinski definition) is 2. The lowest BCUT2D eigenvalue weighted by atomic mass is 10.2. The van der Waals surface area contributed by atoms with Gasteiger partial charge in [-0.25, -0.2) is 0 Å². The Balaban J connectivity index is 2.06. The van der Waals surface area contributed by atoms with Crippen LogP contribution in [0.3, 0.4) is 0 Å². The molecule has 0 aliphatic carbocycles. The highest BCUT2D eigenvalue weighted by molar-refractivity contribution is 6.32. The Morgan fingerprint density at radius 1 is 1.09 bits per heavy atom. The van der Waals surface area contributed by atoms with E-state index in [0.29, 0.717) is 16.3 Å². The van der Waals surface area contributed by atoms with Crippen LogP contribution in [0.4, 0.5) is 5.69 Å². The van der Waals surface area contributed by atoms with E-state index in [1.807, 2.05) is 18.2 Å². The Kier molecular flexibility index (Phi) is 5.33. The highest BCUT2D eigenvalue weighted by atomic mass is 35.5.